The van der Waals surface area contributed by atoms with Gasteiger partial charge in [0.2, 0.25) is 0 Å². The van der Waals surface area contributed by atoms with Gasteiger partial charge in [-0.2, -0.15) is 0 Å². The van der Waals surface area contributed by atoms with Crippen molar-refractivity contribution in [1.82, 2.24) is 5.32 Å². The number of nitrogens with one attached hydrogen (secondary N) is 1. The van der Waals surface area contributed by atoms with E-state index < -0.39 is 0 Å². The molecular weight excluding hydrogens is 362 g/mol. The highest BCUT2D eigenvalue weighted by molar-refractivity contribution is 4.86. The summed E-state index contributed by atoms with van der Waals surface area (Å²) in [7, 11) is 0. The van der Waals surface area contributed by atoms with Crippen LogP contribution in [0.3, 0.4) is 0 Å². The summed E-state index contributed by atoms with van der Waals surface area (Å²) < 4.78 is 0. The van der Waals surface area contributed by atoms with Gasteiger partial charge in [0.25, 0.3) is 0 Å². The molecule has 0 amide bonds. The molecular formula is C29H61N. The van der Waals surface area contributed by atoms with Gasteiger partial charge in [-0.1, -0.05) is 150 Å². The van der Waals surface area contributed by atoms with Crippen LogP contribution in [0.5, 0.6) is 0 Å². The zero-order valence-corrected chi connectivity index (χ0v) is 22.0. The molecule has 0 unspecified atom stereocenters. The minimum atomic E-state index is 0.427. The van der Waals surface area contributed by atoms with E-state index in [-0.39, 0.29) is 0 Å². The van der Waals surface area contributed by atoms with Crippen molar-refractivity contribution in [1.29, 1.82) is 0 Å². The lowest BCUT2D eigenvalue weighted by molar-refractivity contribution is 0.250. The summed E-state index contributed by atoms with van der Waals surface area (Å²) in [5.74, 6) is 0. The standard InChI is InChI=1S/C29H61N/c1-5-9-12-15-18-19-22-25-28-30-29(8-4,26-23-20-16-13-10-6-2)27-24-21-17-14-11-7-3/h30H,5-28H2,1-4H3. The second kappa shape index (κ2) is 23.6. The van der Waals surface area contributed by atoms with Crippen LogP contribution in [-0.2, 0) is 0 Å². The molecule has 0 aromatic rings. The average Bonchev–Trinajstić information content (AvgIpc) is 2.76. The van der Waals surface area contributed by atoms with Crippen molar-refractivity contribution in [2.75, 3.05) is 6.54 Å². The Bertz CT molecular complexity index is 295. The first-order valence-electron chi connectivity index (χ1n) is 14.5. The molecule has 0 aromatic heterocycles. The van der Waals surface area contributed by atoms with Gasteiger partial charge in [-0.3, -0.25) is 0 Å². The molecule has 0 radical (unpaired) electrons. The van der Waals surface area contributed by atoms with Crippen LogP contribution in [0.25, 0.3) is 0 Å². The van der Waals surface area contributed by atoms with Gasteiger partial charge in [0, 0.05) is 5.54 Å². The van der Waals surface area contributed by atoms with E-state index in [1.54, 1.807) is 0 Å². The van der Waals surface area contributed by atoms with Crippen LogP contribution in [0.1, 0.15) is 175 Å². The summed E-state index contributed by atoms with van der Waals surface area (Å²) in [5, 5.41) is 4.10. The molecule has 0 aliphatic rings. The van der Waals surface area contributed by atoms with Gasteiger partial charge < -0.3 is 5.32 Å². The molecule has 0 aliphatic carbocycles. The van der Waals surface area contributed by atoms with Crippen LogP contribution in [0.4, 0.5) is 0 Å². The van der Waals surface area contributed by atoms with Crippen LogP contribution >= 0.6 is 0 Å². The maximum Gasteiger partial charge on any atom is 0.0178 e. The molecule has 0 rings (SSSR count). The molecule has 182 valence electrons. The summed E-state index contributed by atoms with van der Waals surface area (Å²) in [4.78, 5) is 0. The van der Waals surface area contributed by atoms with Crippen LogP contribution < -0.4 is 5.32 Å². The molecule has 0 saturated carbocycles. The van der Waals surface area contributed by atoms with E-state index in [9.17, 15) is 0 Å². The van der Waals surface area contributed by atoms with E-state index in [4.69, 9.17) is 0 Å². The SMILES string of the molecule is CCCCCCCCCCNC(CC)(CCCCCCCC)CCCCCCCC. The molecule has 0 atom stereocenters. The first kappa shape index (κ1) is 30.0. The van der Waals surface area contributed by atoms with Gasteiger partial charge in [-0.15, -0.1) is 0 Å². The molecule has 0 heterocycles. The Balaban J connectivity index is 4.18. The third kappa shape index (κ3) is 18.7. The van der Waals surface area contributed by atoms with Gasteiger partial charge in [0.15, 0.2) is 0 Å². The predicted octanol–water partition coefficient (Wildman–Crippen LogP) is 10.4. The normalized spacial score (nSPS) is 12.0. The zero-order valence-electron chi connectivity index (χ0n) is 22.0. The molecule has 0 saturated heterocycles. The van der Waals surface area contributed by atoms with E-state index in [1.165, 1.54) is 154 Å². The third-order valence-corrected chi connectivity index (χ3v) is 7.22. The van der Waals surface area contributed by atoms with Crippen LogP contribution in [0.15, 0.2) is 0 Å². The molecule has 0 fully saturated rings. The summed E-state index contributed by atoms with van der Waals surface area (Å²) in [5.41, 5.74) is 0.427. The lowest BCUT2D eigenvalue weighted by atomic mass is 9.83. The van der Waals surface area contributed by atoms with Gasteiger partial charge in [-0.05, 0) is 32.2 Å². The van der Waals surface area contributed by atoms with E-state index in [1.807, 2.05) is 0 Å². The van der Waals surface area contributed by atoms with Crippen molar-refractivity contribution < 1.29 is 0 Å². The number of unbranched alkanes of at least 4 members (excludes halogenated alkanes) is 17. The fraction of sp³-hybridized carbons (Fsp3) is 1.00. The number of hydrogen-bond donors (Lipinski definition) is 1. The molecule has 0 bridgehead atoms. The first-order chi connectivity index (χ1) is 14.7. The monoisotopic (exact) mass is 423 g/mol. The highest BCUT2D eigenvalue weighted by Crippen LogP contribution is 2.27. The fourth-order valence-electron chi connectivity index (χ4n) is 4.88. The second-order valence-electron chi connectivity index (χ2n) is 10.1. The maximum absolute atomic E-state index is 4.10. The van der Waals surface area contributed by atoms with Crippen molar-refractivity contribution in [3.8, 4) is 0 Å². The van der Waals surface area contributed by atoms with Crippen molar-refractivity contribution in [2.24, 2.45) is 0 Å². The minimum absolute atomic E-state index is 0.427. The van der Waals surface area contributed by atoms with Crippen molar-refractivity contribution >= 4 is 0 Å². The molecule has 0 spiro atoms. The lowest BCUT2D eigenvalue weighted by Gasteiger charge is -2.35. The molecule has 1 nitrogen and oxygen atoms in total. The Hall–Kier alpha value is -0.0400. The quantitative estimate of drug-likeness (QED) is 0.144. The highest BCUT2D eigenvalue weighted by Gasteiger charge is 2.26. The number of hydrogen-bond acceptors (Lipinski definition) is 1. The zero-order chi connectivity index (χ0) is 22.2. The van der Waals surface area contributed by atoms with Crippen LogP contribution in [0, 0.1) is 0 Å². The summed E-state index contributed by atoms with van der Waals surface area (Å²) >= 11 is 0. The van der Waals surface area contributed by atoms with Gasteiger partial charge in [-0.25, -0.2) is 0 Å². The smallest absolute Gasteiger partial charge is 0.0178 e. The fourth-order valence-corrected chi connectivity index (χ4v) is 4.88. The second-order valence-corrected chi connectivity index (χ2v) is 10.1. The minimum Gasteiger partial charge on any atom is -0.311 e. The summed E-state index contributed by atoms with van der Waals surface area (Å²) in [6, 6.07) is 0. The topological polar surface area (TPSA) is 12.0 Å². The lowest BCUT2D eigenvalue weighted by Crippen LogP contribution is -2.45. The number of rotatable bonds is 25. The Labute approximate surface area is 193 Å². The molecule has 30 heavy (non-hydrogen) atoms. The van der Waals surface area contributed by atoms with E-state index in [2.05, 4.69) is 33.0 Å². The van der Waals surface area contributed by atoms with Gasteiger partial charge in [0.1, 0.15) is 0 Å². The molecule has 0 aromatic carbocycles. The van der Waals surface area contributed by atoms with Gasteiger partial charge in [0.05, 0.1) is 0 Å². The highest BCUT2D eigenvalue weighted by atomic mass is 15.0. The predicted molar refractivity (Wildman–Crippen MR) is 140 cm³/mol. The molecule has 1 heteroatoms. The molecule has 0 aliphatic heterocycles. The van der Waals surface area contributed by atoms with Gasteiger partial charge >= 0.3 is 0 Å². The third-order valence-electron chi connectivity index (χ3n) is 7.22. The summed E-state index contributed by atoms with van der Waals surface area (Å²) in [6.07, 6.45) is 32.6. The van der Waals surface area contributed by atoms with Crippen LogP contribution in [0.2, 0.25) is 0 Å². The Morgan fingerprint density at radius 2 is 0.733 bits per heavy atom. The van der Waals surface area contributed by atoms with Crippen molar-refractivity contribution in [3.63, 3.8) is 0 Å². The van der Waals surface area contributed by atoms with E-state index in [0.29, 0.717) is 5.54 Å². The van der Waals surface area contributed by atoms with Crippen molar-refractivity contribution in [2.45, 2.75) is 181 Å². The molecule has 1 N–H and O–H groups in total. The largest absolute Gasteiger partial charge is 0.311 e. The van der Waals surface area contributed by atoms with Crippen molar-refractivity contribution in [3.05, 3.63) is 0 Å². The van der Waals surface area contributed by atoms with Crippen LogP contribution in [-0.4, -0.2) is 12.1 Å². The first-order valence-corrected chi connectivity index (χ1v) is 14.5. The Morgan fingerprint density at radius 1 is 0.400 bits per heavy atom. The van der Waals surface area contributed by atoms with E-state index >= 15 is 0 Å². The average molecular weight is 424 g/mol. The summed E-state index contributed by atoms with van der Waals surface area (Å²) in [6.45, 7) is 10.6. The maximum atomic E-state index is 4.10. The Kier molecular flexibility index (Phi) is 23.6. The van der Waals surface area contributed by atoms with E-state index in [0.717, 1.165) is 0 Å². The Morgan fingerprint density at radius 3 is 1.10 bits per heavy atom.